The fourth-order valence-electron chi connectivity index (χ4n) is 3.92. The Morgan fingerprint density at radius 3 is 2.56 bits per heavy atom. The van der Waals surface area contributed by atoms with Crippen LogP contribution < -0.4 is 14.8 Å². The maximum absolute atomic E-state index is 13.2. The first kappa shape index (κ1) is 25.6. The summed E-state index contributed by atoms with van der Waals surface area (Å²) in [6, 6.07) is 13.8. The summed E-state index contributed by atoms with van der Waals surface area (Å²) in [5, 5.41) is 3.43. The van der Waals surface area contributed by atoms with Crippen LogP contribution in [-0.4, -0.2) is 43.0 Å². The van der Waals surface area contributed by atoms with Crippen LogP contribution in [0.3, 0.4) is 0 Å². The highest BCUT2D eigenvalue weighted by Crippen LogP contribution is 2.23. The lowest BCUT2D eigenvalue weighted by molar-refractivity contribution is -0.142. The fraction of sp³-hybridized carbons (Fsp3) is 0.407. The molecule has 0 saturated carbocycles. The Kier molecular flexibility index (Phi) is 9.83. The van der Waals surface area contributed by atoms with Gasteiger partial charge in [-0.05, 0) is 68.9 Å². The summed E-state index contributed by atoms with van der Waals surface area (Å²) >= 11 is 6.15. The van der Waals surface area contributed by atoms with Gasteiger partial charge in [0.1, 0.15) is 17.5 Å². The molecule has 0 bridgehead atoms. The van der Waals surface area contributed by atoms with E-state index >= 15 is 0 Å². The smallest absolute Gasteiger partial charge is 0.261 e. The van der Waals surface area contributed by atoms with Crippen LogP contribution in [0.4, 0.5) is 0 Å². The third-order valence-corrected chi connectivity index (χ3v) is 6.31. The summed E-state index contributed by atoms with van der Waals surface area (Å²) in [6.45, 7) is 2.36. The van der Waals surface area contributed by atoms with Crippen LogP contribution in [0.2, 0.25) is 5.02 Å². The number of methoxy groups -OCH3 is 1. The Morgan fingerprint density at radius 1 is 1.12 bits per heavy atom. The zero-order valence-corrected chi connectivity index (χ0v) is 20.6. The number of nitrogens with zero attached hydrogens (tertiary/aromatic N) is 1. The average Bonchev–Trinajstić information content (AvgIpc) is 2.87. The number of amides is 2. The molecule has 2 amide bonds. The lowest BCUT2D eigenvalue weighted by Crippen LogP contribution is -2.49. The number of nitrogens with one attached hydrogen (secondary N) is 1. The van der Waals surface area contributed by atoms with Crippen molar-refractivity contribution in [2.45, 2.75) is 51.6 Å². The van der Waals surface area contributed by atoms with Gasteiger partial charge in [-0.2, -0.15) is 0 Å². The van der Waals surface area contributed by atoms with E-state index in [1.807, 2.05) is 24.3 Å². The second-order valence-electron chi connectivity index (χ2n) is 8.41. The predicted octanol–water partition coefficient (Wildman–Crippen LogP) is 5.15. The lowest BCUT2D eigenvalue weighted by Gasteiger charge is -2.29. The number of carbonyl (C=O) groups is 2. The maximum Gasteiger partial charge on any atom is 0.261 e. The molecule has 0 fully saturated rings. The van der Waals surface area contributed by atoms with Crippen molar-refractivity contribution in [3.8, 4) is 11.5 Å². The number of para-hydroxylation sites is 1. The summed E-state index contributed by atoms with van der Waals surface area (Å²) in [5.74, 6) is 0.677. The predicted molar refractivity (Wildman–Crippen MR) is 134 cm³/mol. The van der Waals surface area contributed by atoms with Gasteiger partial charge in [-0.15, -0.1) is 0 Å². The number of allylic oxidation sites excluding steroid dienone is 1. The van der Waals surface area contributed by atoms with Gasteiger partial charge in [0.2, 0.25) is 5.91 Å². The molecular weight excluding hydrogens is 452 g/mol. The van der Waals surface area contributed by atoms with Gasteiger partial charge in [-0.1, -0.05) is 47.5 Å². The van der Waals surface area contributed by atoms with Gasteiger partial charge >= 0.3 is 0 Å². The van der Waals surface area contributed by atoms with E-state index in [0.29, 0.717) is 17.3 Å². The van der Waals surface area contributed by atoms with Gasteiger partial charge in [-0.3, -0.25) is 9.59 Å². The molecule has 182 valence electrons. The summed E-state index contributed by atoms with van der Waals surface area (Å²) < 4.78 is 10.9. The van der Waals surface area contributed by atoms with Crippen molar-refractivity contribution < 1.29 is 19.1 Å². The topological polar surface area (TPSA) is 67.9 Å². The number of benzene rings is 2. The summed E-state index contributed by atoms with van der Waals surface area (Å²) in [6.07, 6.45) is 7.81. The fourth-order valence-corrected chi connectivity index (χ4v) is 4.11. The van der Waals surface area contributed by atoms with Crippen LogP contribution in [0.25, 0.3) is 0 Å². The molecule has 6 nitrogen and oxygen atoms in total. The van der Waals surface area contributed by atoms with E-state index in [9.17, 15) is 9.59 Å². The molecule has 1 aliphatic carbocycles. The molecule has 0 saturated heterocycles. The number of ether oxygens (including phenoxy) is 2. The van der Waals surface area contributed by atoms with Crippen molar-refractivity contribution in [3.63, 3.8) is 0 Å². The van der Waals surface area contributed by atoms with E-state index in [1.165, 1.54) is 23.3 Å². The van der Waals surface area contributed by atoms with Gasteiger partial charge in [0.05, 0.1) is 12.1 Å². The number of halogens is 1. The van der Waals surface area contributed by atoms with Crippen LogP contribution >= 0.6 is 11.6 Å². The molecule has 2 aromatic carbocycles. The molecular formula is C27H33ClN2O4. The third-order valence-electron chi connectivity index (χ3n) is 6.00. The maximum atomic E-state index is 13.2. The van der Waals surface area contributed by atoms with Crippen molar-refractivity contribution in [1.29, 1.82) is 0 Å². The van der Waals surface area contributed by atoms with Crippen molar-refractivity contribution in [3.05, 3.63) is 70.8 Å². The quantitative estimate of drug-likeness (QED) is 0.448. The van der Waals surface area contributed by atoms with Crippen LogP contribution in [0.15, 0.2) is 60.2 Å². The first-order valence-electron chi connectivity index (χ1n) is 11.7. The Hall–Kier alpha value is -2.99. The van der Waals surface area contributed by atoms with Gasteiger partial charge in [0.25, 0.3) is 5.91 Å². The first-order valence-corrected chi connectivity index (χ1v) is 12.1. The molecule has 1 aliphatic rings. The molecule has 1 N–H and O–H groups in total. The zero-order valence-electron chi connectivity index (χ0n) is 19.9. The largest absolute Gasteiger partial charge is 0.497 e. The zero-order chi connectivity index (χ0) is 24.3. The first-order chi connectivity index (χ1) is 16.5. The molecule has 3 rings (SSSR count). The van der Waals surface area contributed by atoms with Crippen LogP contribution in [0.5, 0.6) is 11.5 Å². The highest BCUT2D eigenvalue weighted by molar-refractivity contribution is 6.32. The summed E-state index contributed by atoms with van der Waals surface area (Å²) in [4.78, 5) is 27.6. The van der Waals surface area contributed by atoms with E-state index < -0.39 is 6.04 Å². The second kappa shape index (κ2) is 13.0. The third kappa shape index (κ3) is 7.52. The van der Waals surface area contributed by atoms with E-state index in [-0.39, 0.29) is 25.0 Å². The van der Waals surface area contributed by atoms with Crippen molar-refractivity contribution in [2.24, 2.45) is 0 Å². The van der Waals surface area contributed by atoms with Crippen LogP contribution in [0, 0.1) is 0 Å². The molecule has 0 unspecified atom stereocenters. The average molecular weight is 485 g/mol. The minimum atomic E-state index is -0.662. The Balaban J connectivity index is 1.65. The van der Waals surface area contributed by atoms with Gasteiger partial charge in [0, 0.05) is 13.1 Å². The van der Waals surface area contributed by atoms with Crippen molar-refractivity contribution in [1.82, 2.24) is 10.2 Å². The Bertz CT molecular complexity index is 990. The standard InChI is InChI=1S/C27H33ClN2O4/c1-20(27(32)29-17-16-21-8-4-3-5-9-21)30(18-22-12-14-23(33-2)15-13-22)26(31)19-34-25-11-7-6-10-24(25)28/h6-8,10-15,20H,3-5,9,16-19H2,1-2H3,(H,29,32)/t20-/m0/s1. The number of carbonyl (C=O) groups excluding carboxylic acids is 2. The second-order valence-corrected chi connectivity index (χ2v) is 8.82. The van der Waals surface area contributed by atoms with Crippen LogP contribution in [0.1, 0.15) is 44.6 Å². The normalized spacial score (nSPS) is 14.0. The number of rotatable bonds is 11. The van der Waals surface area contributed by atoms with Crippen molar-refractivity contribution in [2.75, 3.05) is 20.3 Å². The number of hydrogen-bond donors (Lipinski definition) is 1. The highest BCUT2D eigenvalue weighted by Gasteiger charge is 2.26. The van der Waals surface area contributed by atoms with Crippen molar-refractivity contribution >= 4 is 23.4 Å². The molecule has 7 heteroatoms. The molecule has 0 aromatic heterocycles. The molecule has 34 heavy (non-hydrogen) atoms. The SMILES string of the molecule is COc1ccc(CN(C(=O)COc2ccccc2Cl)[C@@H](C)C(=O)NCCC2=CCCCC2)cc1. The highest BCUT2D eigenvalue weighted by atomic mass is 35.5. The minimum absolute atomic E-state index is 0.184. The number of hydrogen-bond acceptors (Lipinski definition) is 4. The molecule has 2 aromatic rings. The lowest BCUT2D eigenvalue weighted by atomic mass is 9.97. The van der Waals surface area contributed by atoms with E-state index in [4.69, 9.17) is 21.1 Å². The van der Waals surface area contributed by atoms with E-state index in [1.54, 1.807) is 38.3 Å². The van der Waals surface area contributed by atoms with Gasteiger partial charge < -0.3 is 19.7 Å². The Morgan fingerprint density at radius 2 is 1.88 bits per heavy atom. The van der Waals surface area contributed by atoms with Crippen LogP contribution in [-0.2, 0) is 16.1 Å². The molecule has 0 heterocycles. The monoisotopic (exact) mass is 484 g/mol. The van der Waals surface area contributed by atoms with Gasteiger partial charge in [-0.25, -0.2) is 0 Å². The molecule has 1 atom stereocenters. The van der Waals surface area contributed by atoms with E-state index in [0.717, 1.165) is 30.6 Å². The minimum Gasteiger partial charge on any atom is -0.497 e. The molecule has 0 radical (unpaired) electrons. The summed E-state index contributed by atoms with van der Waals surface area (Å²) in [7, 11) is 1.60. The summed E-state index contributed by atoms with van der Waals surface area (Å²) in [5.41, 5.74) is 2.29. The molecule has 0 spiro atoms. The van der Waals surface area contributed by atoms with E-state index in [2.05, 4.69) is 11.4 Å². The van der Waals surface area contributed by atoms with Gasteiger partial charge in [0.15, 0.2) is 6.61 Å². The Labute approximate surface area is 206 Å². The molecule has 0 aliphatic heterocycles.